The zero-order valence-corrected chi connectivity index (χ0v) is 10.5. The molecule has 0 aromatic heterocycles. The fourth-order valence-electron chi connectivity index (χ4n) is 2.21. The minimum Gasteiger partial charge on any atom is -0.379 e. The number of hydrogen-bond donors (Lipinski definition) is 1. The summed E-state index contributed by atoms with van der Waals surface area (Å²) in [5.74, 6) is 0.0210. The average Bonchev–Trinajstić information content (AvgIpc) is 2.62. The molecule has 0 aromatic rings. The van der Waals surface area contributed by atoms with Crippen LogP contribution in [0.3, 0.4) is 0 Å². The van der Waals surface area contributed by atoms with Crippen molar-refractivity contribution in [3.8, 4) is 0 Å². The predicted octanol–water partition coefficient (Wildman–Crippen LogP) is -1.25. The molecular formula is C10H18N2O4S. The fraction of sp³-hybridized carbons (Fsp3) is 0.900. The number of rotatable bonds is 1. The van der Waals surface area contributed by atoms with Crippen molar-refractivity contribution in [2.24, 2.45) is 5.73 Å². The van der Waals surface area contributed by atoms with E-state index in [-0.39, 0.29) is 30.6 Å². The Bertz CT molecular complexity index is 401. The van der Waals surface area contributed by atoms with Crippen molar-refractivity contribution >= 4 is 15.7 Å². The molecule has 0 aromatic carbocycles. The number of ether oxygens (including phenoxy) is 1. The van der Waals surface area contributed by atoms with Gasteiger partial charge >= 0.3 is 0 Å². The summed E-state index contributed by atoms with van der Waals surface area (Å²) in [6.07, 6.45) is 1.00. The third kappa shape index (κ3) is 2.78. The van der Waals surface area contributed by atoms with Crippen molar-refractivity contribution in [2.45, 2.75) is 18.4 Å². The highest BCUT2D eigenvalue weighted by molar-refractivity contribution is 7.91. The van der Waals surface area contributed by atoms with Crippen molar-refractivity contribution in [3.05, 3.63) is 0 Å². The van der Waals surface area contributed by atoms with Crippen LogP contribution >= 0.6 is 0 Å². The first kappa shape index (κ1) is 12.8. The Morgan fingerprint density at radius 3 is 2.71 bits per heavy atom. The largest absolute Gasteiger partial charge is 0.379 e. The Morgan fingerprint density at radius 1 is 1.29 bits per heavy atom. The maximum atomic E-state index is 12.2. The molecule has 2 saturated heterocycles. The standard InChI is InChI=1S/C10H18N2O4S/c11-10(2-5-16-8-10)9(13)12-3-1-6-17(14,15)7-4-12/h1-8,11H2. The molecule has 2 aliphatic heterocycles. The molecule has 2 aliphatic rings. The average molecular weight is 262 g/mol. The Balaban J connectivity index is 2.05. The van der Waals surface area contributed by atoms with E-state index in [4.69, 9.17) is 10.5 Å². The normalized spacial score (nSPS) is 33.4. The van der Waals surface area contributed by atoms with Gasteiger partial charge < -0.3 is 15.4 Å². The number of sulfone groups is 1. The lowest BCUT2D eigenvalue weighted by Gasteiger charge is -2.29. The Labute approximate surface area is 101 Å². The first-order valence-electron chi connectivity index (χ1n) is 5.79. The van der Waals surface area contributed by atoms with E-state index in [1.165, 1.54) is 0 Å². The molecule has 0 aliphatic carbocycles. The van der Waals surface area contributed by atoms with Gasteiger partial charge in [0.05, 0.1) is 18.1 Å². The fourth-order valence-corrected chi connectivity index (χ4v) is 3.48. The number of nitrogens with zero attached hydrogens (tertiary/aromatic N) is 1. The van der Waals surface area contributed by atoms with E-state index in [1.54, 1.807) is 4.90 Å². The number of nitrogens with two attached hydrogens (primary N) is 1. The van der Waals surface area contributed by atoms with E-state index in [0.717, 1.165) is 0 Å². The summed E-state index contributed by atoms with van der Waals surface area (Å²) in [5.41, 5.74) is 5.04. The summed E-state index contributed by atoms with van der Waals surface area (Å²) >= 11 is 0. The second kappa shape index (κ2) is 4.55. The van der Waals surface area contributed by atoms with E-state index < -0.39 is 15.4 Å². The van der Waals surface area contributed by atoms with Gasteiger partial charge in [0.25, 0.3) is 0 Å². The third-order valence-electron chi connectivity index (χ3n) is 3.32. The van der Waals surface area contributed by atoms with Gasteiger partial charge in [0.1, 0.15) is 5.54 Å². The Morgan fingerprint density at radius 2 is 2.06 bits per heavy atom. The first-order valence-corrected chi connectivity index (χ1v) is 7.62. The van der Waals surface area contributed by atoms with Crippen LogP contribution in [0, 0.1) is 0 Å². The van der Waals surface area contributed by atoms with Crippen molar-refractivity contribution in [3.63, 3.8) is 0 Å². The highest BCUT2D eigenvalue weighted by Gasteiger charge is 2.41. The van der Waals surface area contributed by atoms with Gasteiger partial charge in [-0.3, -0.25) is 4.79 Å². The van der Waals surface area contributed by atoms with Crippen LogP contribution < -0.4 is 5.73 Å². The molecule has 1 atom stereocenters. The second-order valence-electron chi connectivity index (χ2n) is 4.76. The van der Waals surface area contributed by atoms with E-state index in [0.29, 0.717) is 26.0 Å². The zero-order valence-electron chi connectivity index (χ0n) is 9.72. The van der Waals surface area contributed by atoms with E-state index >= 15 is 0 Å². The molecule has 7 heteroatoms. The summed E-state index contributed by atoms with van der Waals surface area (Å²) in [7, 11) is -2.99. The molecule has 0 radical (unpaired) electrons. The highest BCUT2D eigenvalue weighted by atomic mass is 32.2. The topological polar surface area (TPSA) is 89.7 Å². The molecule has 6 nitrogen and oxygen atoms in total. The molecule has 2 rings (SSSR count). The quantitative estimate of drug-likeness (QED) is 0.638. The van der Waals surface area contributed by atoms with Gasteiger partial charge in [0, 0.05) is 19.7 Å². The van der Waals surface area contributed by atoms with Crippen LogP contribution in [0.5, 0.6) is 0 Å². The van der Waals surface area contributed by atoms with Crippen LogP contribution in [0.25, 0.3) is 0 Å². The molecule has 2 fully saturated rings. The monoisotopic (exact) mass is 262 g/mol. The molecule has 1 amide bonds. The van der Waals surface area contributed by atoms with Crippen LogP contribution in [-0.2, 0) is 19.4 Å². The molecule has 98 valence electrons. The second-order valence-corrected chi connectivity index (χ2v) is 7.06. The maximum absolute atomic E-state index is 12.2. The smallest absolute Gasteiger partial charge is 0.245 e. The van der Waals surface area contributed by atoms with Gasteiger partial charge in [-0.1, -0.05) is 0 Å². The molecule has 17 heavy (non-hydrogen) atoms. The summed E-state index contributed by atoms with van der Waals surface area (Å²) < 4.78 is 28.0. The van der Waals surface area contributed by atoms with Gasteiger partial charge in [-0.25, -0.2) is 8.42 Å². The van der Waals surface area contributed by atoms with Crippen molar-refractivity contribution in [1.29, 1.82) is 0 Å². The predicted molar refractivity (Wildman–Crippen MR) is 62.2 cm³/mol. The number of amides is 1. The highest BCUT2D eigenvalue weighted by Crippen LogP contribution is 2.19. The van der Waals surface area contributed by atoms with Gasteiger partial charge in [0.15, 0.2) is 9.84 Å². The lowest BCUT2D eigenvalue weighted by atomic mass is 9.98. The molecule has 0 saturated carbocycles. The van der Waals surface area contributed by atoms with Gasteiger partial charge in [-0.05, 0) is 12.8 Å². The van der Waals surface area contributed by atoms with Crippen molar-refractivity contribution < 1.29 is 17.9 Å². The van der Waals surface area contributed by atoms with Gasteiger partial charge in [0.2, 0.25) is 5.91 Å². The van der Waals surface area contributed by atoms with Crippen molar-refractivity contribution in [1.82, 2.24) is 4.90 Å². The minimum absolute atomic E-state index is 0.0374. The molecule has 1 unspecified atom stereocenters. The zero-order chi connectivity index (χ0) is 12.5. The number of carbonyl (C=O) groups is 1. The molecule has 0 spiro atoms. The molecule has 0 bridgehead atoms. The molecule has 2 heterocycles. The van der Waals surface area contributed by atoms with E-state index in [2.05, 4.69) is 0 Å². The number of hydrogen-bond acceptors (Lipinski definition) is 5. The summed E-state index contributed by atoms with van der Waals surface area (Å²) in [6, 6.07) is 0. The van der Waals surface area contributed by atoms with E-state index in [1.807, 2.05) is 0 Å². The summed E-state index contributed by atoms with van der Waals surface area (Å²) in [5, 5.41) is 0. The first-order chi connectivity index (χ1) is 7.93. The number of carbonyl (C=O) groups excluding carboxylic acids is 1. The SMILES string of the molecule is NC1(C(=O)N2CCCS(=O)(=O)CC2)CCOC1. The summed E-state index contributed by atoms with van der Waals surface area (Å²) in [6.45, 7) is 1.45. The lowest BCUT2D eigenvalue weighted by Crippen LogP contribution is -2.56. The third-order valence-corrected chi connectivity index (χ3v) is 5.04. The van der Waals surface area contributed by atoms with Crippen LogP contribution in [0.4, 0.5) is 0 Å². The van der Waals surface area contributed by atoms with Gasteiger partial charge in [-0.2, -0.15) is 0 Å². The van der Waals surface area contributed by atoms with Crippen LogP contribution in [0.2, 0.25) is 0 Å². The maximum Gasteiger partial charge on any atom is 0.245 e. The molecular weight excluding hydrogens is 244 g/mol. The van der Waals surface area contributed by atoms with Gasteiger partial charge in [-0.15, -0.1) is 0 Å². The molecule has 2 N–H and O–H groups in total. The lowest BCUT2D eigenvalue weighted by molar-refractivity contribution is -0.136. The Hall–Kier alpha value is -0.660. The van der Waals surface area contributed by atoms with Crippen LogP contribution in [0.15, 0.2) is 0 Å². The van der Waals surface area contributed by atoms with Crippen LogP contribution in [-0.4, -0.2) is 62.6 Å². The van der Waals surface area contributed by atoms with Crippen LogP contribution in [0.1, 0.15) is 12.8 Å². The van der Waals surface area contributed by atoms with Crippen molar-refractivity contribution in [2.75, 3.05) is 37.8 Å². The summed E-state index contributed by atoms with van der Waals surface area (Å²) in [4.78, 5) is 13.8. The minimum atomic E-state index is -2.99. The Kier molecular flexibility index (Phi) is 3.42. The van der Waals surface area contributed by atoms with E-state index in [9.17, 15) is 13.2 Å².